The number of aromatic nitrogens is 2. The van der Waals surface area contributed by atoms with E-state index >= 15 is 0 Å². The van der Waals surface area contributed by atoms with E-state index in [0.717, 1.165) is 28.3 Å². The normalized spacial score (nSPS) is 10.8. The number of hydrogen-bond donors (Lipinski definition) is 1. The maximum atomic E-state index is 12.4. The van der Waals surface area contributed by atoms with Gasteiger partial charge < -0.3 is 19.4 Å². The Kier molecular flexibility index (Phi) is 4.77. The fourth-order valence-corrected chi connectivity index (χ4v) is 2.56. The van der Waals surface area contributed by atoms with E-state index in [9.17, 15) is 4.79 Å². The van der Waals surface area contributed by atoms with Crippen LogP contribution in [0.2, 0.25) is 0 Å². The Morgan fingerprint density at radius 2 is 1.88 bits per heavy atom. The van der Waals surface area contributed by atoms with Gasteiger partial charge in [-0.2, -0.15) is 0 Å². The molecule has 1 N–H and O–H groups in total. The second kappa shape index (κ2) is 7.14. The number of fused-ring (bicyclic) bond motifs is 1. The SMILES string of the molecule is COCc1nc2ccccc2n1CC(=O)Nc1ccc(OC)cc1. The van der Waals surface area contributed by atoms with Crippen molar-refractivity contribution >= 4 is 22.6 Å². The van der Waals surface area contributed by atoms with Gasteiger partial charge in [0.25, 0.3) is 0 Å². The average Bonchev–Trinajstić information content (AvgIpc) is 2.93. The van der Waals surface area contributed by atoms with Gasteiger partial charge in [0.1, 0.15) is 24.7 Å². The molecule has 0 bridgehead atoms. The first-order valence-corrected chi connectivity index (χ1v) is 7.58. The fraction of sp³-hybridized carbons (Fsp3) is 0.222. The Bertz CT molecular complexity index is 840. The molecular formula is C18H19N3O3. The van der Waals surface area contributed by atoms with E-state index in [2.05, 4.69) is 10.3 Å². The van der Waals surface area contributed by atoms with Gasteiger partial charge >= 0.3 is 0 Å². The number of carbonyl (C=O) groups excluding carboxylic acids is 1. The average molecular weight is 325 g/mol. The van der Waals surface area contributed by atoms with E-state index < -0.39 is 0 Å². The van der Waals surface area contributed by atoms with Crippen LogP contribution < -0.4 is 10.1 Å². The van der Waals surface area contributed by atoms with Crippen molar-refractivity contribution in [3.05, 3.63) is 54.4 Å². The number of amides is 1. The van der Waals surface area contributed by atoms with Crippen LogP contribution >= 0.6 is 0 Å². The Hall–Kier alpha value is -2.86. The summed E-state index contributed by atoms with van der Waals surface area (Å²) in [5.74, 6) is 1.35. The summed E-state index contributed by atoms with van der Waals surface area (Å²) in [7, 11) is 3.22. The first kappa shape index (κ1) is 16.0. The molecule has 24 heavy (non-hydrogen) atoms. The van der Waals surface area contributed by atoms with E-state index in [0.29, 0.717) is 6.61 Å². The summed E-state index contributed by atoms with van der Waals surface area (Å²) in [5, 5.41) is 2.88. The van der Waals surface area contributed by atoms with Gasteiger partial charge in [0, 0.05) is 12.8 Å². The standard InChI is InChI=1S/C18H19N3O3/c1-23-12-17-20-15-5-3-4-6-16(15)21(17)11-18(22)19-13-7-9-14(24-2)10-8-13/h3-10H,11-12H2,1-2H3,(H,19,22). The number of nitrogens with one attached hydrogen (secondary N) is 1. The second-order valence-corrected chi connectivity index (χ2v) is 5.31. The summed E-state index contributed by atoms with van der Waals surface area (Å²) in [6.45, 7) is 0.524. The highest BCUT2D eigenvalue weighted by molar-refractivity contribution is 5.91. The zero-order valence-corrected chi connectivity index (χ0v) is 13.7. The largest absolute Gasteiger partial charge is 0.497 e. The molecule has 6 nitrogen and oxygen atoms in total. The third-order valence-electron chi connectivity index (χ3n) is 3.68. The van der Waals surface area contributed by atoms with E-state index in [-0.39, 0.29) is 12.5 Å². The van der Waals surface area contributed by atoms with Gasteiger partial charge in [0.15, 0.2) is 0 Å². The number of anilines is 1. The summed E-state index contributed by atoms with van der Waals surface area (Å²) in [6, 6.07) is 14.9. The molecule has 124 valence electrons. The van der Waals surface area contributed by atoms with Crippen LogP contribution in [-0.2, 0) is 22.7 Å². The quantitative estimate of drug-likeness (QED) is 0.757. The van der Waals surface area contributed by atoms with Gasteiger partial charge in [-0.3, -0.25) is 4.79 Å². The summed E-state index contributed by atoms with van der Waals surface area (Å²) >= 11 is 0. The number of benzene rings is 2. The van der Waals surface area contributed by atoms with Gasteiger partial charge in [-0.05, 0) is 36.4 Å². The van der Waals surface area contributed by atoms with Gasteiger partial charge in [-0.15, -0.1) is 0 Å². The third kappa shape index (κ3) is 3.38. The van der Waals surface area contributed by atoms with E-state index in [1.165, 1.54) is 0 Å². The van der Waals surface area contributed by atoms with Crippen molar-refractivity contribution in [3.63, 3.8) is 0 Å². The molecule has 0 saturated carbocycles. The first-order chi connectivity index (χ1) is 11.7. The molecule has 1 aromatic heterocycles. The van der Waals surface area contributed by atoms with Crippen LogP contribution in [0.3, 0.4) is 0 Å². The number of methoxy groups -OCH3 is 2. The zero-order valence-electron chi connectivity index (χ0n) is 13.7. The molecule has 0 radical (unpaired) electrons. The highest BCUT2D eigenvalue weighted by Crippen LogP contribution is 2.18. The van der Waals surface area contributed by atoms with Crippen molar-refractivity contribution < 1.29 is 14.3 Å². The van der Waals surface area contributed by atoms with Crippen LogP contribution in [0.5, 0.6) is 5.75 Å². The third-order valence-corrected chi connectivity index (χ3v) is 3.68. The molecule has 0 saturated heterocycles. The maximum Gasteiger partial charge on any atom is 0.244 e. The van der Waals surface area contributed by atoms with Crippen molar-refractivity contribution in [2.45, 2.75) is 13.2 Å². The Balaban J connectivity index is 1.80. The number of rotatable bonds is 6. The molecule has 0 aliphatic carbocycles. The van der Waals surface area contributed by atoms with Crippen LogP contribution in [0.4, 0.5) is 5.69 Å². The van der Waals surface area contributed by atoms with Crippen molar-refractivity contribution in [2.24, 2.45) is 0 Å². The highest BCUT2D eigenvalue weighted by atomic mass is 16.5. The van der Waals surface area contributed by atoms with Gasteiger partial charge in [-0.1, -0.05) is 12.1 Å². The topological polar surface area (TPSA) is 65.4 Å². The van der Waals surface area contributed by atoms with Gasteiger partial charge in [0.05, 0.1) is 18.1 Å². The molecule has 6 heteroatoms. The van der Waals surface area contributed by atoms with Crippen molar-refractivity contribution in [1.82, 2.24) is 9.55 Å². The second-order valence-electron chi connectivity index (χ2n) is 5.31. The molecule has 2 aromatic carbocycles. The van der Waals surface area contributed by atoms with Crippen LogP contribution in [0.1, 0.15) is 5.82 Å². The lowest BCUT2D eigenvalue weighted by molar-refractivity contribution is -0.116. The lowest BCUT2D eigenvalue weighted by Crippen LogP contribution is -2.20. The predicted octanol–water partition coefficient (Wildman–Crippen LogP) is 2.83. The number of imidazole rings is 1. The highest BCUT2D eigenvalue weighted by Gasteiger charge is 2.13. The first-order valence-electron chi connectivity index (χ1n) is 7.58. The number of carbonyl (C=O) groups is 1. The number of nitrogens with zero attached hydrogens (tertiary/aromatic N) is 2. The van der Waals surface area contributed by atoms with Crippen LogP contribution in [0.25, 0.3) is 11.0 Å². The van der Waals surface area contributed by atoms with Crippen molar-refractivity contribution in [3.8, 4) is 5.75 Å². The van der Waals surface area contributed by atoms with Crippen LogP contribution in [0, 0.1) is 0 Å². The molecule has 1 amide bonds. The fourth-order valence-electron chi connectivity index (χ4n) is 2.56. The molecule has 1 heterocycles. The van der Waals surface area contributed by atoms with Gasteiger partial charge in [0.2, 0.25) is 5.91 Å². The lowest BCUT2D eigenvalue weighted by Gasteiger charge is -2.10. The maximum absolute atomic E-state index is 12.4. The minimum absolute atomic E-state index is 0.124. The molecule has 0 aliphatic heterocycles. The van der Waals surface area contributed by atoms with E-state index in [1.54, 1.807) is 38.5 Å². The monoisotopic (exact) mass is 325 g/mol. The minimum atomic E-state index is -0.124. The summed E-state index contributed by atoms with van der Waals surface area (Å²) in [6.07, 6.45) is 0. The summed E-state index contributed by atoms with van der Waals surface area (Å²) in [5.41, 5.74) is 2.48. The summed E-state index contributed by atoms with van der Waals surface area (Å²) in [4.78, 5) is 16.9. The molecule has 0 atom stereocenters. The smallest absolute Gasteiger partial charge is 0.244 e. The molecular weight excluding hydrogens is 306 g/mol. The van der Waals surface area contributed by atoms with Gasteiger partial charge in [-0.25, -0.2) is 4.98 Å². The number of hydrogen-bond acceptors (Lipinski definition) is 4. The van der Waals surface area contributed by atoms with Crippen molar-refractivity contribution in [1.29, 1.82) is 0 Å². The minimum Gasteiger partial charge on any atom is -0.497 e. The lowest BCUT2D eigenvalue weighted by atomic mass is 10.3. The molecule has 0 spiro atoms. The van der Waals surface area contributed by atoms with Crippen LogP contribution in [-0.4, -0.2) is 29.7 Å². The number of para-hydroxylation sites is 2. The Morgan fingerprint density at radius 1 is 1.12 bits per heavy atom. The Labute approximate surface area is 140 Å². The van der Waals surface area contributed by atoms with Crippen molar-refractivity contribution in [2.75, 3.05) is 19.5 Å². The molecule has 0 aliphatic rings. The van der Waals surface area contributed by atoms with Crippen LogP contribution in [0.15, 0.2) is 48.5 Å². The molecule has 3 aromatic rings. The summed E-state index contributed by atoms with van der Waals surface area (Å²) < 4.78 is 12.2. The van der Waals surface area contributed by atoms with E-state index in [1.807, 2.05) is 28.8 Å². The van der Waals surface area contributed by atoms with E-state index in [4.69, 9.17) is 9.47 Å². The zero-order chi connectivity index (χ0) is 16.9. The molecule has 3 rings (SSSR count). The predicted molar refractivity (Wildman–Crippen MR) is 92.1 cm³/mol. The Morgan fingerprint density at radius 3 is 2.58 bits per heavy atom. The molecule has 0 unspecified atom stereocenters. The number of ether oxygens (including phenoxy) is 2. The molecule has 0 fully saturated rings.